The third kappa shape index (κ3) is 3.79. The lowest BCUT2D eigenvalue weighted by atomic mass is 10.2. The van der Waals surface area contributed by atoms with Crippen molar-refractivity contribution in [2.75, 3.05) is 20.6 Å². The van der Waals surface area contributed by atoms with E-state index in [9.17, 15) is 0 Å². The first kappa shape index (κ1) is 12.5. The molecule has 3 heteroatoms. The SMILES string of the molecule is CNCc1ccc(CN(C)CC2CC2C)nc1. The molecule has 1 aliphatic carbocycles. The van der Waals surface area contributed by atoms with Gasteiger partial charge in [0.2, 0.25) is 0 Å². The summed E-state index contributed by atoms with van der Waals surface area (Å²) in [5, 5.41) is 3.13. The van der Waals surface area contributed by atoms with Crippen LogP contribution in [0.15, 0.2) is 18.3 Å². The maximum absolute atomic E-state index is 4.50. The van der Waals surface area contributed by atoms with Gasteiger partial charge in [-0.15, -0.1) is 0 Å². The molecule has 1 aromatic rings. The Morgan fingerprint density at radius 1 is 1.47 bits per heavy atom. The number of rotatable bonds is 6. The number of nitrogens with zero attached hydrogens (tertiary/aromatic N) is 2. The lowest BCUT2D eigenvalue weighted by molar-refractivity contribution is 0.304. The van der Waals surface area contributed by atoms with Crippen LogP contribution in [-0.4, -0.2) is 30.5 Å². The summed E-state index contributed by atoms with van der Waals surface area (Å²) in [6.07, 6.45) is 3.37. The fraction of sp³-hybridized carbons (Fsp3) is 0.643. The molecule has 2 unspecified atom stereocenters. The largest absolute Gasteiger partial charge is 0.316 e. The Morgan fingerprint density at radius 2 is 2.24 bits per heavy atom. The zero-order valence-corrected chi connectivity index (χ0v) is 11.1. The second-order valence-electron chi connectivity index (χ2n) is 5.36. The highest BCUT2D eigenvalue weighted by molar-refractivity contribution is 5.13. The van der Waals surface area contributed by atoms with E-state index in [-0.39, 0.29) is 0 Å². The first-order chi connectivity index (χ1) is 8.19. The maximum atomic E-state index is 4.50. The van der Waals surface area contributed by atoms with Crippen molar-refractivity contribution in [2.45, 2.75) is 26.4 Å². The minimum Gasteiger partial charge on any atom is -0.316 e. The zero-order valence-electron chi connectivity index (χ0n) is 11.1. The number of hydrogen-bond donors (Lipinski definition) is 1. The van der Waals surface area contributed by atoms with E-state index in [1.165, 1.54) is 24.2 Å². The molecule has 1 aromatic heterocycles. The molecule has 1 saturated carbocycles. The molecule has 94 valence electrons. The molecule has 1 N–H and O–H groups in total. The van der Waals surface area contributed by atoms with Crippen molar-refractivity contribution in [1.29, 1.82) is 0 Å². The van der Waals surface area contributed by atoms with Gasteiger partial charge in [-0.25, -0.2) is 0 Å². The standard InChI is InChI=1S/C14H23N3/c1-11-6-13(11)9-17(3)10-14-5-4-12(7-15-2)8-16-14/h4-5,8,11,13,15H,6-7,9-10H2,1-3H3. The van der Waals surface area contributed by atoms with Crippen LogP contribution in [0.5, 0.6) is 0 Å². The Hall–Kier alpha value is -0.930. The Bertz CT molecular complexity index is 347. The van der Waals surface area contributed by atoms with Gasteiger partial charge in [0.15, 0.2) is 0 Å². The summed E-state index contributed by atoms with van der Waals surface area (Å²) < 4.78 is 0. The van der Waals surface area contributed by atoms with E-state index in [4.69, 9.17) is 0 Å². The molecule has 0 amide bonds. The van der Waals surface area contributed by atoms with Crippen LogP contribution in [0.4, 0.5) is 0 Å². The average Bonchev–Trinajstić information content (AvgIpc) is 2.97. The minimum absolute atomic E-state index is 0.892. The maximum Gasteiger partial charge on any atom is 0.0544 e. The van der Waals surface area contributed by atoms with Gasteiger partial charge in [-0.05, 0) is 44.0 Å². The molecular formula is C14H23N3. The highest BCUT2D eigenvalue weighted by Crippen LogP contribution is 2.38. The molecule has 17 heavy (non-hydrogen) atoms. The molecule has 0 saturated heterocycles. The predicted molar refractivity (Wildman–Crippen MR) is 70.6 cm³/mol. The summed E-state index contributed by atoms with van der Waals surface area (Å²) in [5.74, 6) is 1.85. The zero-order chi connectivity index (χ0) is 12.3. The third-order valence-corrected chi connectivity index (χ3v) is 3.52. The van der Waals surface area contributed by atoms with E-state index < -0.39 is 0 Å². The first-order valence-electron chi connectivity index (χ1n) is 6.46. The monoisotopic (exact) mass is 233 g/mol. The van der Waals surface area contributed by atoms with Gasteiger partial charge in [0.05, 0.1) is 5.69 Å². The molecule has 0 aromatic carbocycles. The number of nitrogens with one attached hydrogen (secondary N) is 1. The van der Waals surface area contributed by atoms with Crippen molar-refractivity contribution in [2.24, 2.45) is 11.8 Å². The summed E-state index contributed by atoms with van der Waals surface area (Å²) in [4.78, 5) is 6.89. The molecule has 0 spiro atoms. The van der Waals surface area contributed by atoms with E-state index in [2.05, 4.69) is 41.3 Å². The van der Waals surface area contributed by atoms with Gasteiger partial charge in [0.1, 0.15) is 0 Å². The van der Waals surface area contributed by atoms with Crippen LogP contribution < -0.4 is 5.32 Å². The van der Waals surface area contributed by atoms with Crippen molar-refractivity contribution in [3.05, 3.63) is 29.6 Å². The molecule has 1 heterocycles. The van der Waals surface area contributed by atoms with E-state index >= 15 is 0 Å². The third-order valence-electron chi connectivity index (χ3n) is 3.52. The molecule has 3 nitrogen and oxygen atoms in total. The van der Waals surface area contributed by atoms with Gasteiger partial charge in [0.25, 0.3) is 0 Å². The van der Waals surface area contributed by atoms with Crippen molar-refractivity contribution in [3.8, 4) is 0 Å². The molecule has 0 bridgehead atoms. The van der Waals surface area contributed by atoms with E-state index in [1.807, 2.05) is 13.2 Å². The number of pyridine rings is 1. The smallest absolute Gasteiger partial charge is 0.0544 e. The Kier molecular flexibility index (Phi) is 4.13. The minimum atomic E-state index is 0.892. The number of aromatic nitrogens is 1. The van der Waals surface area contributed by atoms with Crippen LogP contribution in [0.1, 0.15) is 24.6 Å². The predicted octanol–water partition coefficient (Wildman–Crippen LogP) is 1.89. The Labute approximate surface area is 104 Å². The van der Waals surface area contributed by atoms with E-state index in [1.54, 1.807) is 0 Å². The molecule has 2 rings (SSSR count). The second-order valence-corrected chi connectivity index (χ2v) is 5.36. The van der Waals surface area contributed by atoms with E-state index in [0.717, 1.165) is 24.9 Å². The average molecular weight is 233 g/mol. The van der Waals surface area contributed by atoms with Gasteiger partial charge in [-0.1, -0.05) is 13.0 Å². The van der Waals surface area contributed by atoms with Crippen molar-refractivity contribution in [1.82, 2.24) is 15.2 Å². The quantitative estimate of drug-likeness (QED) is 0.813. The van der Waals surface area contributed by atoms with Crippen LogP contribution in [0.2, 0.25) is 0 Å². The number of hydrogen-bond acceptors (Lipinski definition) is 3. The highest BCUT2D eigenvalue weighted by Gasteiger charge is 2.32. The molecule has 1 aliphatic rings. The van der Waals surface area contributed by atoms with Crippen molar-refractivity contribution >= 4 is 0 Å². The normalized spacial score (nSPS) is 23.1. The summed E-state index contributed by atoms with van der Waals surface area (Å²) in [5.41, 5.74) is 2.41. The second kappa shape index (κ2) is 5.61. The van der Waals surface area contributed by atoms with Crippen LogP contribution in [0.3, 0.4) is 0 Å². The fourth-order valence-corrected chi connectivity index (χ4v) is 2.25. The molecular weight excluding hydrogens is 210 g/mol. The van der Waals surface area contributed by atoms with Crippen LogP contribution in [0, 0.1) is 11.8 Å². The van der Waals surface area contributed by atoms with Crippen LogP contribution >= 0.6 is 0 Å². The lowest BCUT2D eigenvalue weighted by Gasteiger charge is -2.16. The summed E-state index contributed by atoms with van der Waals surface area (Å²) in [6, 6.07) is 4.30. The summed E-state index contributed by atoms with van der Waals surface area (Å²) in [6.45, 7) is 5.40. The van der Waals surface area contributed by atoms with Gasteiger partial charge in [-0.2, -0.15) is 0 Å². The molecule has 0 radical (unpaired) electrons. The summed E-state index contributed by atoms with van der Waals surface area (Å²) >= 11 is 0. The van der Waals surface area contributed by atoms with Gasteiger partial charge in [0, 0.05) is 25.8 Å². The fourth-order valence-electron chi connectivity index (χ4n) is 2.25. The highest BCUT2D eigenvalue weighted by atomic mass is 15.1. The van der Waals surface area contributed by atoms with E-state index in [0.29, 0.717) is 0 Å². The van der Waals surface area contributed by atoms with Crippen molar-refractivity contribution < 1.29 is 0 Å². The summed E-state index contributed by atoms with van der Waals surface area (Å²) in [7, 11) is 4.15. The van der Waals surface area contributed by atoms with Gasteiger partial charge >= 0.3 is 0 Å². The molecule has 1 fully saturated rings. The Morgan fingerprint density at radius 3 is 2.76 bits per heavy atom. The molecule has 2 atom stereocenters. The van der Waals surface area contributed by atoms with Crippen LogP contribution in [0.25, 0.3) is 0 Å². The van der Waals surface area contributed by atoms with Gasteiger partial charge < -0.3 is 10.2 Å². The Balaban J connectivity index is 1.81. The first-order valence-corrected chi connectivity index (χ1v) is 6.46. The van der Waals surface area contributed by atoms with Gasteiger partial charge in [-0.3, -0.25) is 4.98 Å². The topological polar surface area (TPSA) is 28.2 Å². The molecule has 0 aliphatic heterocycles. The van der Waals surface area contributed by atoms with Crippen molar-refractivity contribution in [3.63, 3.8) is 0 Å². The lowest BCUT2D eigenvalue weighted by Crippen LogP contribution is -2.21. The van der Waals surface area contributed by atoms with Crippen LogP contribution in [-0.2, 0) is 13.1 Å².